The van der Waals surface area contributed by atoms with Gasteiger partial charge in [-0.3, -0.25) is 14.5 Å². The molecule has 3 aromatic rings. The fraction of sp³-hybridized carbons (Fsp3) is 0.316. The number of pyridine rings is 1. The smallest absolute Gasteiger partial charge is 0.251 e. The number of halogens is 1. The summed E-state index contributed by atoms with van der Waals surface area (Å²) in [5.41, 5.74) is 2.14. The fourth-order valence-corrected chi connectivity index (χ4v) is 3.55. The topological polar surface area (TPSA) is 92.2 Å². The lowest BCUT2D eigenvalue weighted by Gasteiger charge is -2.25. The molecule has 0 bridgehead atoms. The van der Waals surface area contributed by atoms with Crippen LogP contribution in [0.2, 0.25) is 0 Å². The van der Waals surface area contributed by atoms with Crippen LogP contribution in [-0.2, 0) is 22.6 Å². The van der Waals surface area contributed by atoms with Gasteiger partial charge >= 0.3 is 0 Å². The molecule has 0 atom stereocenters. The number of imidazole rings is 1. The largest absolute Gasteiger partial charge is 0.379 e. The predicted molar refractivity (Wildman–Crippen MR) is 109 cm³/mol. The zero-order valence-corrected chi connectivity index (χ0v) is 16.7. The van der Waals surface area contributed by atoms with E-state index in [4.69, 9.17) is 4.74 Å². The quantitative estimate of drug-likeness (QED) is 0.625. The van der Waals surface area contributed by atoms with E-state index in [0.717, 1.165) is 54.2 Å². The molecule has 3 heterocycles. The average Bonchev–Trinajstić information content (AvgIpc) is 3.07. The van der Waals surface area contributed by atoms with Crippen molar-refractivity contribution in [3.63, 3.8) is 0 Å². The summed E-state index contributed by atoms with van der Waals surface area (Å²) in [6, 6.07) is 8.60. The van der Waals surface area contributed by atoms with Crippen LogP contribution in [0.1, 0.15) is 5.82 Å². The summed E-state index contributed by atoms with van der Waals surface area (Å²) in [5, 5.41) is 2.83. The Labute approximate surface area is 169 Å². The average molecular weight is 446 g/mol. The van der Waals surface area contributed by atoms with Gasteiger partial charge in [0.1, 0.15) is 12.4 Å². The third kappa shape index (κ3) is 4.49. The Bertz CT molecular complexity index is 1060. The molecule has 1 amide bonds. The van der Waals surface area contributed by atoms with Gasteiger partial charge in [-0.1, -0.05) is 0 Å². The fourth-order valence-electron chi connectivity index (χ4n) is 3.17. The normalized spacial score (nSPS) is 15.0. The number of ether oxygens (including phenoxy) is 1. The number of hydrogen-bond acceptors (Lipinski definition) is 5. The van der Waals surface area contributed by atoms with Gasteiger partial charge in [0, 0.05) is 35.5 Å². The van der Waals surface area contributed by atoms with Gasteiger partial charge in [-0.25, -0.2) is 4.98 Å². The van der Waals surface area contributed by atoms with Crippen molar-refractivity contribution in [2.45, 2.75) is 13.1 Å². The van der Waals surface area contributed by atoms with Crippen molar-refractivity contribution < 1.29 is 9.53 Å². The molecule has 1 aromatic carbocycles. The highest BCUT2D eigenvalue weighted by Gasteiger charge is 2.13. The number of rotatable bonds is 5. The summed E-state index contributed by atoms with van der Waals surface area (Å²) in [4.78, 5) is 34.4. The van der Waals surface area contributed by atoms with Gasteiger partial charge in [0.2, 0.25) is 5.91 Å². The van der Waals surface area contributed by atoms with E-state index in [9.17, 15) is 9.59 Å². The van der Waals surface area contributed by atoms with E-state index in [1.165, 1.54) is 10.6 Å². The minimum Gasteiger partial charge on any atom is -0.379 e. The lowest BCUT2D eigenvalue weighted by Crippen LogP contribution is -2.35. The van der Waals surface area contributed by atoms with Gasteiger partial charge in [-0.2, -0.15) is 0 Å². The van der Waals surface area contributed by atoms with Crippen LogP contribution in [0.4, 0.5) is 5.69 Å². The second-order valence-corrected chi connectivity index (χ2v) is 7.58. The van der Waals surface area contributed by atoms with Crippen molar-refractivity contribution in [1.29, 1.82) is 0 Å². The Balaban J connectivity index is 1.44. The molecule has 28 heavy (non-hydrogen) atoms. The van der Waals surface area contributed by atoms with Gasteiger partial charge < -0.3 is 19.6 Å². The van der Waals surface area contributed by atoms with E-state index in [2.05, 4.69) is 36.1 Å². The molecule has 146 valence electrons. The summed E-state index contributed by atoms with van der Waals surface area (Å²) in [6.07, 6.45) is 1.60. The summed E-state index contributed by atoms with van der Waals surface area (Å²) >= 11 is 3.31. The first-order valence-electron chi connectivity index (χ1n) is 9.01. The maximum atomic E-state index is 12.3. The Morgan fingerprint density at radius 3 is 2.89 bits per heavy atom. The number of anilines is 1. The van der Waals surface area contributed by atoms with Crippen LogP contribution in [0.3, 0.4) is 0 Å². The van der Waals surface area contributed by atoms with Crippen molar-refractivity contribution >= 4 is 38.6 Å². The van der Waals surface area contributed by atoms with Gasteiger partial charge in [0.05, 0.1) is 30.8 Å². The maximum Gasteiger partial charge on any atom is 0.251 e. The molecule has 1 aliphatic rings. The third-order valence-electron chi connectivity index (χ3n) is 4.55. The first-order chi connectivity index (χ1) is 13.6. The zero-order valence-electron chi connectivity index (χ0n) is 15.2. The molecule has 0 spiro atoms. The molecule has 1 saturated heterocycles. The van der Waals surface area contributed by atoms with E-state index in [0.29, 0.717) is 5.69 Å². The number of nitrogens with one attached hydrogen (secondary N) is 2. The Hall–Kier alpha value is -2.49. The van der Waals surface area contributed by atoms with Gasteiger partial charge in [-0.05, 0) is 40.2 Å². The highest BCUT2D eigenvalue weighted by atomic mass is 79.9. The molecule has 9 heteroatoms. The number of amides is 1. The van der Waals surface area contributed by atoms with E-state index in [1.54, 1.807) is 12.3 Å². The predicted octanol–water partition coefficient (Wildman–Crippen LogP) is 1.96. The van der Waals surface area contributed by atoms with Crippen LogP contribution in [0.5, 0.6) is 0 Å². The summed E-state index contributed by atoms with van der Waals surface area (Å²) in [5.74, 6) is 0.619. The second-order valence-electron chi connectivity index (χ2n) is 6.67. The molecule has 1 fully saturated rings. The molecule has 4 rings (SSSR count). The van der Waals surface area contributed by atoms with Crippen molar-refractivity contribution in [2.24, 2.45) is 0 Å². The van der Waals surface area contributed by atoms with Gasteiger partial charge in [0.25, 0.3) is 5.56 Å². The Morgan fingerprint density at radius 1 is 1.25 bits per heavy atom. The molecule has 2 N–H and O–H groups in total. The summed E-state index contributed by atoms with van der Waals surface area (Å²) in [6.45, 7) is 3.97. The van der Waals surface area contributed by atoms with E-state index in [1.807, 2.05) is 18.2 Å². The number of benzene rings is 1. The van der Waals surface area contributed by atoms with E-state index >= 15 is 0 Å². The van der Waals surface area contributed by atoms with Crippen molar-refractivity contribution in [3.05, 3.63) is 57.2 Å². The van der Waals surface area contributed by atoms with Crippen LogP contribution >= 0.6 is 15.9 Å². The lowest BCUT2D eigenvalue weighted by molar-refractivity contribution is -0.116. The third-order valence-corrected chi connectivity index (χ3v) is 5.02. The first-order valence-corrected chi connectivity index (χ1v) is 9.81. The SMILES string of the molecule is O=C(Cn1cc(Br)ccc1=O)Nc1ccc2nc(CN3CCOCC3)[nH]c2c1. The van der Waals surface area contributed by atoms with Crippen LogP contribution in [-0.4, -0.2) is 51.6 Å². The van der Waals surface area contributed by atoms with Crippen LogP contribution in [0.15, 0.2) is 45.8 Å². The Morgan fingerprint density at radius 2 is 2.07 bits per heavy atom. The van der Waals surface area contributed by atoms with Crippen molar-refractivity contribution in [3.8, 4) is 0 Å². The zero-order chi connectivity index (χ0) is 19.5. The molecule has 2 aromatic heterocycles. The monoisotopic (exact) mass is 445 g/mol. The number of aromatic nitrogens is 3. The van der Waals surface area contributed by atoms with Crippen LogP contribution < -0.4 is 10.9 Å². The highest BCUT2D eigenvalue weighted by molar-refractivity contribution is 9.10. The number of carbonyl (C=O) groups excluding carboxylic acids is 1. The van der Waals surface area contributed by atoms with Crippen LogP contribution in [0, 0.1) is 0 Å². The standard InChI is InChI=1S/C19H20BrN5O3/c20-13-1-4-19(27)25(10-13)12-18(26)21-14-2-3-15-16(9-14)23-17(22-15)11-24-5-7-28-8-6-24/h1-4,9-10H,5-8,11-12H2,(H,21,26)(H,22,23). The van der Waals surface area contributed by atoms with Crippen molar-refractivity contribution in [1.82, 2.24) is 19.4 Å². The molecular weight excluding hydrogens is 426 g/mol. The van der Waals surface area contributed by atoms with Gasteiger partial charge in [0.15, 0.2) is 0 Å². The molecule has 0 radical (unpaired) electrons. The minimum atomic E-state index is -0.271. The Kier molecular flexibility index (Phi) is 5.56. The van der Waals surface area contributed by atoms with Crippen molar-refractivity contribution in [2.75, 3.05) is 31.6 Å². The number of nitrogens with zero attached hydrogens (tertiary/aromatic N) is 3. The summed E-state index contributed by atoms with van der Waals surface area (Å²) in [7, 11) is 0. The molecular formula is C19H20BrN5O3. The number of aromatic amines is 1. The number of morpholine rings is 1. The number of fused-ring (bicyclic) bond motifs is 1. The molecule has 0 aliphatic carbocycles. The number of H-pyrrole nitrogens is 1. The molecule has 0 saturated carbocycles. The molecule has 0 unspecified atom stereocenters. The summed E-state index contributed by atoms with van der Waals surface area (Å²) < 4.78 is 7.47. The molecule has 8 nitrogen and oxygen atoms in total. The number of carbonyl (C=O) groups is 1. The van der Waals surface area contributed by atoms with Gasteiger partial charge in [-0.15, -0.1) is 0 Å². The molecule has 1 aliphatic heterocycles. The van der Waals surface area contributed by atoms with E-state index in [-0.39, 0.29) is 18.0 Å². The first kappa shape index (κ1) is 18.9. The second kappa shape index (κ2) is 8.26. The van der Waals surface area contributed by atoms with Crippen LogP contribution in [0.25, 0.3) is 11.0 Å². The maximum absolute atomic E-state index is 12.3. The lowest BCUT2D eigenvalue weighted by atomic mass is 10.2. The van der Waals surface area contributed by atoms with E-state index < -0.39 is 0 Å². The highest BCUT2D eigenvalue weighted by Crippen LogP contribution is 2.18. The minimum absolute atomic E-state index is 0.0540. The number of hydrogen-bond donors (Lipinski definition) is 2.